The monoisotopic (exact) mass is 239 g/mol. The molecule has 1 N–H and O–H groups in total. The van der Waals surface area contributed by atoms with Crippen LogP contribution in [-0.2, 0) is 0 Å². The van der Waals surface area contributed by atoms with Crippen molar-refractivity contribution in [1.82, 2.24) is 4.98 Å². The summed E-state index contributed by atoms with van der Waals surface area (Å²) >= 11 is 0. The quantitative estimate of drug-likeness (QED) is 0.708. The molecule has 0 radical (unpaired) electrons. The van der Waals surface area contributed by atoms with E-state index in [2.05, 4.69) is 4.98 Å². The second-order valence-corrected chi connectivity index (χ2v) is 3.83. The molecule has 0 spiro atoms. The van der Waals surface area contributed by atoms with E-state index in [0.29, 0.717) is 16.5 Å². The number of hydrogen-bond donors (Lipinski definition) is 1. The van der Waals surface area contributed by atoms with Crippen molar-refractivity contribution < 1.29 is 9.52 Å². The fourth-order valence-electron chi connectivity index (χ4n) is 1.86. The summed E-state index contributed by atoms with van der Waals surface area (Å²) in [4.78, 5) is 15.9. The molecule has 18 heavy (non-hydrogen) atoms. The van der Waals surface area contributed by atoms with Crippen LogP contribution in [0.25, 0.3) is 22.2 Å². The molecule has 0 atom stereocenters. The second kappa shape index (κ2) is 4.00. The molecule has 0 amide bonds. The lowest BCUT2D eigenvalue weighted by Crippen LogP contribution is -2.01. The summed E-state index contributed by atoms with van der Waals surface area (Å²) in [6, 6.07) is 11.9. The Bertz CT molecular complexity index is 763. The minimum absolute atomic E-state index is 0.0658. The zero-order chi connectivity index (χ0) is 12.5. The van der Waals surface area contributed by atoms with Gasteiger partial charge in [0.1, 0.15) is 5.69 Å². The molecular formula is C14H9NO3. The predicted octanol–water partition coefficient (Wildman–Crippen LogP) is 2.56. The Morgan fingerprint density at radius 2 is 1.72 bits per heavy atom. The van der Waals surface area contributed by atoms with Crippen LogP contribution >= 0.6 is 0 Å². The fraction of sp³-hybridized carbons (Fsp3) is 0. The van der Waals surface area contributed by atoms with E-state index in [1.807, 2.05) is 0 Å². The van der Waals surface area contributed by atoms with Crippen LogP contribution in [-0.4, -0.2) is 10.1 Å². The molecule has 88 valence electrons. The van der Waals surface area contributed by atoms with E-state index < -0.39 is 5.63 Å². The minimum Gasteiger partial charge on any atom is -0.504 e. The van der Waals surface area contributed by atoms with Crippen LogP contribution in [0.15, 0.2) is 57.9 Å². The van der Waals surface area contributed by atoms with E-state index >= 15 is 0 Å². The van der Waals surface area contributed by atoms with Crippen LogP contribution in [0, 0.1) is 0 Å². The number of nitrogens with zero attached hydrogens (tertiary/aromatic N) is 1. The normalized spacial score (nSPS) is 10.7. The third kappa shape index (κ3) is 1.55. The standard InChI is InChI=1S/C14H9NO3/c16-12-9-5-1-2-6-10(9)14(17)18-13(12)11-7-3-4-8-15-11/h1-8,16H. The van der Waals surface area contributed by atoms with Crippen molar-refractivity contribution in [3.05, 3.63) is 59.1 Å². The topological polar surface area (TPSA) is 63.3 Å². The summed E-state index contributed by atoms with van der Waals surface area (Å²) in [5.74, 6) is 0.0307. The second-order valence-electron chi connectivity index (χ2n) is 3.83. The first kappa shape index (κ1) is 10.5. The Labute approximate surface area is 102 Å². The van der Waals surface area contributed by atoms with Crippen LogP contribution in [0.1, 0.15) is 0 Å². The predicted molar refractivity (Wildman–Crippen MR) is 67.4 cm³/mol. The van der Waals surface area contributed by atoms with Crippen molar-refractivity contribution in [2.45, 2.75) is 0 Å². The van der Waals surface area contributed by atoms with Gasteiger partial charge >= 0.3 is 5.63 Å². The smallest absolute Gasteiger partial charge is 0.344 e. The van der Waals surface area contributed by atoms with Crippen molar-refractivity contribution in [2.24, 2.45) is 0 Å². The Morgan fingerprint density at radius 1 is 1.00 bits per heavy atom. The Balaban J connectivity index is 2.39. The van der Waals surface area contributed by atoms with Gasteiger partial charge in [0.2, 0.25) is 0 Å². The largest absolute Gasteiger partial charge is 0.504 e. The zero-order valence-corrected chi connectivity index (χ0v) is 9.33. The van der Waals surface area contributed by atoms with Gasteiger partial charge < -0.3 is 9.52 Å². The van der Waals surface area contributed by atoms with E-state index in [1.54, 1.807) is 48.7 Å². The van der Waals surface area contributed by atoms with Gasteiger partial charge in [-0.05, 0) is 18.2 Å². The molecule has 0 aliphatic rings. The first-order valence-corrected chi connectivity index (χ1v) is 5.43. The first-order valence-electron chi connectivity index (χ1n) is 5.43. The van der Waals surface area contributed by atoms with Gasteiger partial charge in [0.05, 0.1) is 5.39 Å². The molecule has 4 nitrogen and oxygen atoms in total. The lowest BCUT2D eigenvalue weighted by Gasteiger charge is -2.05. The molecule has 0 saturated carbocycles. The number of hydrogen-bond acceptors (Lipinski definition) is 4. The summed E-state index contributed by atoms with van der Waals surface area (Å²) in [6.07, 6.45) is 1.57. The molecule has 1 aromatic carbocycles. The van der Waals surface area contributed by atoms with E-state index in [-0.39, 0.29) is 11.5 Å². The van der Waals surface area contributed by atoms with Crippen LogP contribution in [0.5, 0.6) is 5.75 Å². The molecule has 0 saturated heterocycles. The molecule has 0 unspecified atom stereocenters. The summed E-state index contributed by atoms with van der Waals surface area (Å²) in [7, 11) is 0. The van der Waals surface area contributed by atoms with Crippen LogP contribution in [0.4, 0.5) is 0 Å². The highest BCUT2D eigenvalue weighted by molar-refractivity contribution is 5.90. The molecule has 2 aromatic heterocycles. The minimum atomic E-state index is -0.482. The molecule has 3 rings (SSSR count). The fourth-order valence-corrected chi connectivity index (χ4v) is 1.86. The Hall–Kier alpha value is -2.62. The van der Waals surface area contributed by atoms with Gasteiger partial charge in [0.15, 0.2) is 11.5 Å². The van der Waals surface area contributed by atoms with Gasteiger partial charge in [-0.25, -0.2) is 4.79 Å². The molecule has 0 bridgehead atoms. The van der Waals surface area contributed by atoms with Gasteiger partial charge in [0.25, 0.3) is 0 Å². The lowest BCUT2D eigenvalue weighted by molar-refractivity contribution is 0.441. The zero-order valence-electron chi connectivity index (χ0n) is 9.33. The number of aromatic nitrogens is 1. The maximum absolute atomic E-state index is 11.8. The average molecular weight is 239 g/mol. The van der Waals surface area contributed by atoms with Gasteiger partial charge in [-0.15, -0.1) is 0 Å². The van der Waals surface area contributed by atoms with Crippen molar-refractivity contribution in [1.29, 1.82) is 0 Å². The molecule has 2 heterocycles. The highest BCUT2D eigenvalue weighted by atomic mass is 16.4. The summed E-state index contributed by atoms with van der Waals surface area (Å²) < 4.78 is 5.14. The van der Waals surface area contributed by atoms with Gasteiger partial charge in [-0.2, -0.15) is 0 Å². The molecule has 0 aliphatic heterocycles. The Morgan fingerprint density at radius 3 is 2.44 bits per heavy atom. The number of benzene rings is 1. The maximum atomic E-state index is 11.8. The first-order chi connectivity index (χ1) is 8.77. The Kier molecular flexibility index (Phi) is 2.34. The van der Waals surface area contributed by atoms with Crippen LogP contribution in [0.2, 0.25) is 0 Å². The van der Waals surface area contributed by atoms with Gasteiger partial charge in [-0.3, -0.25) is 4.98 Å². The van der Waals surface area contributed by atoms with E-state index in [9.17, 15) is 9.90 Å². The average Bonchev–Trinajstić information content (AvgIpc) is 2.44. The van der Waals surface area contributed by atoms with Crippen molar-refractivity contribution in [3.8, 4) is 17.2 Å². The van der Waals surface area contributed by atoms with Crippen LogP contribution in [0.3, 0.4) is 0 Å². The molecule has 0 fully saturated rings. The third-order valence-electron chi connectivity index (χ3n) is 2.71. The summed E-state index contributed by atoms with van der Waals surface area (Å²) in [6.45, 7) is 0. The van der Waals surface area contributed by atoms with E-state index in [0.717, 1.165) is 0 Å². The number of fused-ring (bicyclic) bond motifs is 1. The lowest BCUT2D eigenvalue weighted by atomic mass is 10.1. The molecule has 0 aliphatic carbocycles. The third-order valence-corrected chi connectivity index (χ3v) is 2.71. The van der Waals surface area contributed by atoms with Crippen LogP contribution < -0.4 is 5.63 Å². The van der Waals surface area contributed by atoms with Crippen molar-refractivity contribution in [2.75, 3.05) is 0 Å². The van der Waals surface area contributed by atoms with E-state index in [1.165, 1.54) is 0 Å². The number of pyridine rings is 1. The van der Waals surface area contributed by atoms with Gasteiger partial charge in [0, 0.05) is 11.6 Å². The highest BCUT2D eigenvalue weighted by Crippen LogP contribution is 2.32. The summed E-state index contributed by atoms with van der Waals surface area (Å²) in [5.41, 5.74) is -0.0538. The molecule has 3 aromatic rings. The molecular weight excluding hydrogens is 230 g/mol. The maximum Gasteiger partial charge on any atom is 0.344 e. The van der Waals surface area contributed by atoms with E-state index in [4.69, 9.17) is 4.42 Å². The van der Waals surface area contributed by atoms with Gasteiger partial charge in [-0.1, -0.05) is 24.3 Å². The number of rotatable bonds is 1. The molecule has 4 heteroatoms. The SMILES string of the molecule is O=c1oc(-c2ccccn2)c(O)c2ccccc12. The summed E-state index contributed by atoms with van der Waals surface area (Å²) in [5, 5.41) is 11.0. The van der Waals surface area contributed by atoms with Crippen molar-refractivity contribution >= 4 is 10.8 Å². The van der Waals surface area contributed by atoms with Crippen molar-refractivity contribution in [3.63, 3.8) is 0 Å². The number of aromatic hydroxyl groups is 1. The highest BCUT2D eigenvalue weighted by Gasteiger charge is 2.14.